The van der Waals surface area contributed by atoms with Crippen molar-refractivity contribution in [3.8, 4) is 17.3 Å². The standard InChI is InChI=1S/C19H28N6O/c1-26-19-24-10-14(11-25-19)18-13-22-17(12-23-18)4-2-3-9-21-16-7-5-15(20)6-8-16/h10-13,15-16,21H,2-9,20H2,1H3. The second-order valence-electron chi connectivity index (χ2n) is 6.87. The molecule has 0 atom stereocenters. The number of methoxy groups -OCH3 is 1. The van der Waals surface area contributed by atoms with Crippen molar-refractivity contribution in [2.45, 2.75) is 57.0 Å². The van der Waals surface area contributed by atoms with E-state index in [0.717, 1.165) is 55.6 Å². The SMILES string of the molecule is COc1ncc(-c2cnc(CCCCNC3CCC(N)CC3)cn2)cn1. The van der Waals surface area contributed by atoms with Crippen molar-refractivity contribution in [2.24, 2.45) is 5.73 Å². The highest BCUT2D eigenvalue weighted by Crippen LogP contribution is 2.17. The van der Waals surface area contributed by atoms with Crippen molar-refractivity contribution in [1.82, 2.24) is 25.3 Å². The molecule has 0 saturated heterocycles. The number of aryl methyl sites for hydroxylation is 1. The van der Waals surface area contributed by atoms with Gasteiger partial charge in [-0.1, -0.05) is 0 Å². The first-order valence-corrected chi connectivity index (χ1v) is 9.41. The molecule has 0 spiro atoms. The summed E-state index contributed by atoms with van der Waals surface area (Å²) in [4.78, 5) is 17.2. The summed E-state index contributed by atoms with van der Waals surface area (Å²) in [6.07, 6.45) is 14.9. The van der Waals surface area contributed by atoms with Crippen LogP contribution >= 0.6 is 0 Å². The smallest absolute Gasteiger partial charge is 0.316 e. The summed E-state index contributed by atoms with van der Waals surface area (Å²) in [7, 11) is 1.55. The van der Waals surface area contributed by atoms with Crippen LogP contribution in [0.2, 0.25) is 0 Å². The van der Waals surface area contributed by atoms with Crippen LogP contribution in [0.1, 0.15) is 44.2 Å². The molecule has 0 bridgehead atoms. The summed E-state index contributed by atoms with van der Waals surface area (Å²) >= 11 is 0. The van der Waals surface area contributed by atoms with E-state index in [-0.39, 0.29) is 0 Å². The van der Waals surface area contributed by atoms with Gasteiger partial charge in [0.15, 0.2) is 0 Å². The third-order valence-electron chi connectivity index (χ3n) is 4.88. The monoisotopic (exact) mass is 356 g/mol. The summed E-state index contributed by atoms with van der Waals surface area (Å²) < 4.78 is 4.96. The fourth-order valence-corrected chi connectivity index (χ4v) is 3.25. The Kier molecular flexibility index (Phi) is 6.85. The molecule has 0 aliphatic heterocycles. The molecule has 0 aromatic carbocycles. The van der Waals surface area contributed by atoms with Gasteiger partial charge in [0.25, 0.3) is 0 Å². The van der Waals surface area contributed by atoms with Gasteiger partial charge in [-0.15, -0.1) is 0 Å². The molecule has 0 radical (unpaired) electrons. The van der Waals surface area contributed by atoms with Crippen molar-refractivity contribution >= 4 is 0 Å². The van der Waals surface area contributed by atoms with Gasteiger partial charge in [-0.3, -0.25) is 9.97 Å². The summed E-state index contributed by atoms with van der Waals surface area (Å²) in [6.45, 7) is 1.06. The average Bonchev–Trinajstić information content (AvgIpc) is 2.70. The number of rotatable bonds is 8. The quantitative estimate of drug-likeness (QED) is 0.699. The minimum absolute atomic E-state index is 0.350. The summed E-state index contributed by atoms with van der Waals surface area (Å²) in [5.41, 5.74) is 8.57. The number of ether oxygens (including phenoxy) is 1. The molecule has 3 N–H and O–H groups in total. The predicted octanol–water partition coefficient (Wildman–Crippen LogP) is 2.12. The van der Waals surface area contributed by atoms with Gasteiger partial charge in [-0.2, -0.15) is 0 Å². The molecule has 1 aliphatic carbocycles. The maximum absolute atomic E-state index is 5.95. The summed E-state index contributed by atoms with van der Waals surface area (Å²) in [6, 6.07) is 1.42. The lowest BCUT2D eigenvalue weighted by molar-refractivity contribution is 0.341. The van der Waals surface area contributed by atoms with Crippen LogP contribution < -0.4 is 15.8 Å². The van der Waals surface area contributed by atoms with E-state index in [0.29, 0.717) is 18.1 Å². The van der Waals surface area contributed by atoms with Gasteiger partial charge in [0, 0.05) is 36.2 Å². The van der Waals surface area contributed by atoms with Gasteiger partial charge >= 0.3 is 6.01 Å². The Morgan fingerprint density at radius 2 is 1.77 bits per heavy atom. The van der Waals surface area contributed by atoms with Gasteiger partial charge in [0.05, 0.1) is 24.7 Å². The third kappa shape index (κ3) is 5.44. The van der Waals surface area contributed by atoms with Crippen LogP contribution in [0.3, 0.4) is 0 Å². The maximum Gasteiger partial charge on any atom is 0.316 e. The number of hydrogen-bond acceptors (Lipinski definition) is 7. The Hall–Kier alpha value is -2.12. The van der Waals surface area contributed by atoms with Crippen LogP contribution in [0.25, 0.3) is 11.3 Å². The Labute approximate surface area is 154 Å². The Morgan fingerprint density at radius 1 is 1.00 bits per heavy atom. The summed E-state index contributed by atoms with van der Waals surface area (Å²) in [5, 5.41) is 3.65. The average molecular weight is 356 g/mol. The molecule has 1 aliphatic rings. The van der Waals surface area contributed by atoms with E-state index in [1.807, 2.05) is 6.20 Å². The zero-order valence-electron chi connectivity index (χ0n) is 15.4. The molecular weight excluding hydrogens is 328 g/mol. The van der Waals surface area contributed by atoms with E-state index >= 15 is 0 Å². The fourth-order valence-electron chi connectivity index (χ4n) is 3.25. The molecule has 7 heteroatoms. The van der Waals surface area contributed by atoms with E-state index in [1.165, 1.54) is 12.8 Å². The first kappa shape index (κ1) is 18.7. The lowest BCUT2D eigenvalue weighted by Gasteiger charge is -2.26. The topological polar surface area (TPSA) is 98.8 Å². The number of nitrogens with two attached hydrogens (primary N) is 1. The molecule has 26 heavy (non-hydrogen) atoms. The lowest BCUT2D eigenvalue weighted by atomic mass is 9.92. The predicted molar refractivity (Wildman–Crippen MR) is 101 cm³/mol. The van der Waals surface area contributed by atoms with Crippen LogP contribution in [-0.2, 0) is 6.42 Å². The van der Waals surface area contributed by atoms with Crippen molar-refractivity contribution in [3.05, 3.63) is 30.5 Å². The molecule has 0 unspecified atom stereocenters. The molecule has 1 saturated carbocycles. The highest BCUT2D eigenvalue weighted by molar-refractivity contribution is 5.55. The molecule has 7 nitrogen and oxygen atoms in total. The number of nitrogens with zero attached hydrogens (tertiary/aromatic N) is 4. The molecule has 140 valence electrons. The Bertz CT molecular complexity index is 653. The van der Waals surface area contributed by atoms with E-state index in [2.05, 4.69) is 25.3 Å². The van der Waals surface area contributed by atoms with Gasteiger partial charge in [-0.05, 0) is 51.5 Å². The fraction of sp³-hybridized carbons (Fsp3) is 0.579. The van der Waals surface area contributed by atoms with E-state index in [4.69, 9.17) is 10.5 Å². The zero-order valence-corrected chi connectivity index (χ0v) is 15.4. The molecule has 2 aromatic rings. The van der Waals surface area contributed by atoms with Crippen molar-refractivity contribution < 1.29 is 4.74 Å². The number of hydrogen-bond donors (Lipinski definition) is 2. The molecule has 3 rings (SSSR count). The number of aromatic nitrogens is 4. The number of unbranched alkanes of at least 4 members (excludes halogenated alkanes) is 1. The van der Waals surface area contributed by atoms with Crippen molar-refractivity contribution in [2.75, 3.05) is 13.7 Å². The molecule has 1 fully saturated rings. The highest BCUT2D eigenvalue weighted by Gasteiger charge is 2.17. The minimum atomic E-state index is 0.350. The second-order valence-corrected chi connectivity index (χ2v) is 6.87. The van der Waals surface area contributed by atoms with Crippen LogP contribution in [-0.4, -0.2) is 45.7 Å². The first-order chi connectivity index (χ1) is 12.7. The van der Waals surface area contributed by atoms with E-state index in [9.17, 15) is 0 Å². The minimum Gasteiger partial charge on any atom is -0.467 e. The van der Waals surface area contributed by atoms with Crippen LogP contribution in [0.15, 0.2) is 24.8 Å². The third-order valence-corrected chi connectivity index (χ3v) is 4.88. The Balaban J connectivity index is 1.37. The zero-order chi connectivity index (χ0) is 18.2. The van der Waals surface area contributed by atoms with Gasteiger partial charge in [0.2, 0.25) is 0 Å². The van der Waals surface area contributed by atoms with Gasteiger partial charge in [-0.25, -0.2) is 9.97 Å². The molecule has 2 heterocycles. The lowest BCUT2D eigenvalue weighted by Crippen LogP contribution is -2.37. The van der Waals surface area contributed by atoms with Gasteiger partial charge < -0.3 is 15.8 Å². The van der Waals surface area contributed by atoms with Crippen LogP contribution in [0, 0.1) is 0 Å². The molecular formula is C19H28N6O. The maximum atomic E-state index is 5.95. The number of nitrogens with one attached hydrogen (secondary N) is 1. The largest absolute Gasteiger partial charge is 0.467 e. The highest BCUT2D eigenvalue weighted by atomic mass is 16.5. The Morgan fingerprint density at radius 3 is 2.42 bits per heavy atom. The second kappa shape index (κ2) is 9.54. The van der Waals surface area contributed by atoms with Gasteiger partial charge in [0.1, 0.15) is 0 Å². The normalized spacial score (nSPS) is 20.1. The summed E-state index contributed by atoms with van der Waals surface area (Å²) in [5.74, 6) is 0. The first-order valence-electron chi connectivity index (χ1n) is 9.41. The molecule has 2 aromatic heterocycles. The molecule has 0 amide bonds. The van der Waals surface area contributed by atoms with Crippen molar-refractivity contribution in [3.63, 3.8) is 0 Å². The van der Waals surface area contributed by atoms with E-state index in [1.54, 1.807) is 25.7 Å². The van der Waals surface area contributed by atoms with Crippen LogP contribution in [0.5, 0.6) is 6.01 Å². The van der Waals surface area contributed by atoms with E-state index < -0.39 is 0 Å². The van der Waals surface area contributed by atoms with Crippen LogP contribution in [0.4, 0.5) is 0 Å². The van der Waals surface area contributed by atoms with Crippen molar-refractivity contribution in [1.29, 1.82) is 0 Å².